The van der Waals surface area contributed by atoms with Crippen LogP contribution in [0.3, 0.4) is 0 Å². The van der Waals surface area contributed by atoms with Gasteiger partial charge in [0.2, 0.25) is 0 Å². The minimum Gasteiger partial charge on any atom is -0.473 e. The average molecular weight is 362 g/mol. The van der Waals surface area contributed by atoms with Crippen molar-refractivity contribution in [2.75, 3.05) is 81.3 Å². The quantitative estimate of drug-likeness (QED) is 0.272. The maximum Gasteiger partial charge on any atom is 0.0865 e. The molecule has 0 N–H and O–H groups in total. The van der Waals surface area contributed by atoms with Gasteiger partial charge in [-0.15, -0.1) is 0 Å². The first kappa shape index (κ1) is 24.0. The van der Waals surface area contributed by atoms with Crippen molar-refractivity contribution < 1.29 is 33.2 Å². The maximum atomic E-state index is 5.51. The van der Waals surface area contributed by atoms with Gasteiger partial charge in [0.1, 0.15) is 0 Å². The lowest BCUT2D eigenvalue weighted by Crippen LogP contribution is -2.15. The Morgan fingerprint density at radius 2 is 1.00 bits per heavy atom. The van der Waals surface area contributed by atoms with Crippen LogP contribution >= 0.6 is 0 Å². The molecule has 0 spiro atoms. The van der Waals surface area contributed by atoms with E-state index in [0.717, 1.165) is 0 Å². The fraction of sp³-hybridized carbons (Fsp3) is 0.778. The Morgan fingerprint density at radius 1 is 0.560 bits per heavy atom. The highest BCUT2D eigenvalue weighted by atomic mass is 16.5. The highest BCUT2D eigenvalue weighted by Gasteiger charge is 2.06. The summed E-state index contributed by atoms with van der Waals surface area (Å²) < 4.78 is 36.7. The van der Waals surface area contributed by atoms with Crippen LogP contribution in [0.4, 0.5) is 0 Å². The number of rotatable bonds is 18. The van der Waals surface area contributed by atoms with Gasteiger partial charge < -0.3 is 33.2 Å². The molecule has 7 nitrogen and oxygen atoms in total. The molecule has 0 aliphatic heterocycles. The van der Waals surface area contributed by atoms with Crippen LogP contribution in [0.5, 0.6) is 0 Å². The second kappa shape index (κ2) is 19.4. The van der Waals surface area contributed by atoms with E-state index < -0.39 is 0 Å². The van der Waals surface area contributed by atoms with Crippen LogP contribution in [0.1, 0.15) is 0 Å². The van der Waals surface area contributed by atoms with E-state index in [9.17, 15) is 0 Å². The summed E-state index contributed by atoms with van der Waals surface area (Å²) in [7, 11) is 6.62. The molecular formula is C18H34O7. The molecule has 0 fully saturated rings. The van der Waals surface area contributed by atoms with E-state index in [1.165, 1.54) is 0 Å². The van der Waals surface area contributed by atoms with E-state index in [-0.39, 0.29) is 11.8 Å². The predicted molar refractivity (Wildman–Crippen MR) is 95.5 cm³/mol. The number of hydrogen-bond donors (Lipinski definition) is 0. The fourth-order valence-corrected chi connectivity index (χ4v) is 1.86. The van der Waals surface area contributed by atoms with Crippen molar-refractivity contribution in [1.82, 2.24) is 0 Å². The molecule has 0 bridgehead atoms. The van der Waals surface area contributed by atoms with E-state index in [0.29, 0.717) is 52.9 Å². The average Bonchev–Trinajstić information content (AvgIpc) is 2.61. The van der Waals surface area contributed by atoms with Crippen LogP contribution < -0.4 is 0 Å². The minimum absolute atomic E-state index is 0.127. The zero-order valence-corrected chi connectivity index (χ0v) is 16.0. The molecule has 0 rings (SSSR count). The van der Waals surface area contributed by atoms with E-state index in [1.807, 2.05) is 12.2 Å². The molecule has 0 saturated carbocycles. The Balaban J connectivity index is 4.11. The van der Waals surface area contributed by atoms with Crippen molar-refractivity contribution in [1.29, 1.82) is 0 Å². The Kier molecular flexibility index (Phi) is 18.6. The predicted octanol–water partition coefficient (Wildman–Crippen LogP) is 1.88. The van der Waals surface area contributed by atoms with Crippen molar-refractivity contribution in [3.63, 3.8) is 0 Å². The summed E-state index contributed by atoms with van der Waals surface area (Å²) in [6.45, 7) is 4.53. The largest absolute Gasteiger partial charge is 0.473 e. The summed E-state index contributed by atoms with van der Waals surface area (Å²) in [4.78, 5) is 0. The van der Waals surface area contributed by atoms with Crippen molar-refractivity contribution in [3.8, 4) is 0 Å². The van der Waals surface area contributed by atoms with Crippen molar-refractivity contribution in [3.05, 3.63) is 24.7 Å². The molecule has 0 aromatic rings. The van der Waals surface area contributed by atoms with Gasteiger partial charge in [-0.05, 0) is 12.2 Å². The van der Waals surface area contributed by atoms with Crippen LogP contribution in [0.25, 0.3) is 0 Å². The first-order valence-corrected chi connectivity index (χ1v) is 8.38. The normalized spacial score (nSPS) is 14.4. The summed E-state index contributed by atoms with van der Waals surface area (Å²) in [5.41, 5.74) is 0. The third kappa shape index (κ3) is 16.3. The summed E-state index contributed by atoms with van der Waals surface area (Å²) in [6, 6.07) is 0. The number of hydrogen-bond acceptors (Lipinski definition) is 7. The smallest absolute Gasteiger partial charge is 0.0865 e. The fourth-order valence-electron chi connectivity index (χ4n) is 1.86. The molecule has 25 heavy (non-hydrogen) atoms. The van der Waals surface area contributed by atoms with Crippen LogP contribution in [-0.2, 0) is 33.2 Å². The van der Waals surface area contributed by atoms with Gasteiger partial charge in [-0.3, -0.25) is 0 Å². The molecule has 7 heteroatoms. The molecule has 0 aromatic carbocycles. The van der Waals surface area contributed by atoms with Gasteiger partial charge in [0.05, 0.1) is 65.4 Å². The Hall–Kier alpha value is -0.960. The highest BCUT2D eigenvalue weighted by Crippen LogP contribution is 2.04. The molecule has 2 atom stereocenters. The van der Waals surface area contributed by atoms with Crippen LogP contribution in [0, 0.1) is 11.8 Å². The minimum atomic E-state index is 0.127. The molecule has 2 unspecified atom stereocenters. The van der Waals surface area contributed by atoms with Gasteiger partial charge in [-0.2, -0.15) is 0 Å². The standard InChI is InChI=1S/C18H34O7/c1-19-9-11-24-15-17(13-21-3)5-7-23-8-6-18(14-22-4)16-25-12-10-20-2/h5-8,17-18H,9-16H2,1-4H3. The molecule has 0 saturated heterocycles. The second-order valence-corrected chi connectivity index (χ2v) is 5.36. The number of methoxy groups -OCH3 is 4. The summed E-state index contributed by atoms with van der Waals surface area (Å²) >= 11 is 0. The lowest BCUT2D eigenvalue weighted by molar-refractivity contribution is 0.0406. The summed E-state index contributed by atoms with van der Waals surface area (Å²) in [5.74, 6) is 0.254. The van der Waals surface area contributed by atoms with E-state index in [2.05, 4.69) is 0 Å². The Labute approximate surface area is 151 Å². The van der Waals surface area contributed by atoms with Gasteiger partial charge >= 0.3 is 0 Å². The summed E-state index contributed by atoms with van der Waals surface area (Å²) in [5, 5.41) is 0. The second-order valence-electron chi connectivity index (χ2n) is 5.36. The summed E-state index contributed by atoms with van der Waals surface area (Å²) in [6.07, 6.45) is 7.10. The van der Waals surface area contributed by atoms with E-state index >= 15 is 0 Å². The zero-order valence-electron chi connectivity index (χ0n) is 16.0. The Morgan fingerprint density at radius 3 is 1.36 bits per heavy atom. The van der Waals surface area contributed by atoms with Crippen molar-refractivity contribution >= 4 is 0 Å². The third-order valence-electron chi connectivity index (χ3n) is 3.15. The van der Waals surface area contributed by atoms with Gasteiger partial charge in [0.15, 0.2) is 0 Å². The highest BCUT2D eigenvalue weighted by molar-refractivity contribution is 4.88. The molecule has 0 heterocycles. The lowest BCUT2D eigenvalue weighted by atomic mass is 10.2. The van der Waals surface area contributed by atoms with E-state index in [1.54, 1.807) is 41.0 Å². The molecule has 0 aliphatic rings. The SMILES string of the molecule is COCCOCC(C=COC=CC(COC)COCCOC)COC. The van der Waals surface area contributed by atoms with Crippen LogP contribution in [0.15, 0.2) is 24.7 Å². The van der Waals surface area contributed by atoms with Gasteiger partial charge in [0, 0.05) is 40.3 Å². The zero-order chi connectivity index (χ0) is 18.6. The van der Waals surface area contributed by atoms with Crippen molar-refractivity contribution in [2.24, 2.45) is 11.8 Å². The molecule has 0 amide bonds. The molecule has 0 aromatic heterocycles. The molecule has 0 radical (unpaired) electrons. The molecular weight excluding hydrogens is 328 g/mol. The lowest BCUT2D eigenvalue weighted by Gasteiger charge is -2.12. The van der Waals surface area contributed by atoms with Crippen molar-refractivity contribution in [2.45, 2.75) is 0 Å². The Bertz CT molecular complexity index is 291. The van der Waals surface area contributed by atoms with Crippen LogP contribution in [-0.4, -0.2) is 81.3 Å². The first-order valence-electron chi connectivity index (χ1n) is 8.38. The van der Waals surface area contributed by atoms with Crippen LogP contribution in [0.2, 0.25) is 0 Å². The van der Waals surface area contributed by atoms with Gasteiger partial charge in [-0.1, -0.05) is 0 Å². The maximum absolute atomic E-state index is 5.51. The molecule has 148 valence electrons. The monoisotopic (exact) mass is 362 g/mol. The van der Waals surface area contributed by atoms with Gasteiger partial charge in [0.25, 0.3) is 0 Å². The number of ether oxygens (including phenoxy) is 7. The first-order chi connectivity index (χ1) is 12.3. The van der Waals surface area contributed by atoms with Gasteiger partial charge in [-0.25, -0.2) is 0 Å². The van der Waals surface area contributed by atoms with E-state index in [4.69, 9.17) is 33.2 Å². The topological polar surface area (TPSA) is 64.6 Å². The third-order valence-corrected chi connectivity index (χ3v) is 3.15. The molecule has 0 aliphatic carbocycles.